The van der Waals surface area contributed by atoms with Gasteiger partial charge < -0.3 is 19.6 Å². The molecule has 202 valence electrons. The minimum absolute atomic E-state index is 0.0574. The Morgan fingerprint density at radius 2 is 1.72 bits per heavy atom. The average molecular weight is 529 g/mol. The van der Waals surface area contributed by atoms with E-state index in [-0.39, 0.29) is 29.1 Å². The third kappa shape index (κ3) is 5.13. The topological polar surface area (TPSA) is 70.1 Å². The maximum absolute atomic E-state index is 13.5. The smallest absolute Gasteiger partial charge is 0.295 e. The number of hydrogen-bond acceptors (Lipinski definition) is 5. The molecular weight excluding hydrogens is 495 g/mol. The Balaban J connectivity index is 1.58. The largest absolute Gasteiger partial charge is 0.507 e. The molecule has 1 N–H and O–H groups in total. The summed E-state index contributed by atoms with van der Waals surface area (Å²) >= 11 is 0. The van der Waals surface area contributed by atoms with Gasteiger partial charge in [-0.1, -0.05) is 57.2 Å². The summed E-state index contributed by atoms with van der Waals surface area (Å²) in [7, 11) is 1.94. The minimum Gasteiger partial charge on any atom is -0.507 e. The van der Waals surface area contributed by atoms with Crippen molar-refractivity contribution in [2.75, 3.05) is 31.6 Å². The van der Waals surface area contributed by atoms with Gasteiger partial charge in [-0.3, -0.25) is 9.59 Å². The number of likely N-dealkylation sites (tertiary alicyclic amines) is 1. The monoisotopic (exact) mass is 528 g/mol. The molecule has 0 spiro atoms. The van der Waals surface area contributed by atoms with Crippen LogP contribution in [0.2, 0.25) is 0 Å². The van der Waals surface area contributed by atoms with Crippen LogP contribution in [0.4, 0.5) is 10.1 Å². The second kappa shape index (κ2) is 10.2. The van der Waals surface area contributed by atoms with Crippen LogP contribution >= 0.6 is 0 Å². The Morgan fingerprint density at radius 3 is 2.38 bits per heavy atom. The number of carbonyl (C=O) groups is 2. The molecule has 1 saturated heterocycles. The summed E-state index contributed by atoms with van der Waals surface area (Å²) in [6.45, 7) is 7.86. The molecule has 7 heteroatoms. The fourth-order valence-electron chi connectivity index (χ4n) is 5.18. The van der Waals surface area contributed by atoms with Gasteiger partial charge in [0.05, 0.1) is 23.8 Å². The molecule has 3 aromatic carbocycles. The number of nitrogens with zero attached hydrogens (tertiary/aromatic N) is 2. The van der Waals surface area contributed by atoms with Crippen molar-refractivity contribution >= 4 is 23.1 Å². The normalized spacial score (nSPS) is 18.7. The summed E-state index contributed by atoms with van der Waals surface area (Å²) in [5, 5.41) is 11.5. The molecule has 0 saturated carbocycles. The molecule has 0 bridgehead atoms. The van der Waals surface area contributed by atoms with E-state index in [9.17, 15) is 19.1 Å². The molecule has 0 radical (unpaired) electrons. The van der Waals surface area contributed by atoms with Crippen LogP contribution in [0.1, 0.15) is 49.1 Å². The Kier molecular flexibility index (Phi) is 6.93. The molecule has 2 heterocycles. The van der Waals surface area contributed by atoms with Gasteiger partial charge in [0.25, 0.3) is 11.7 Å². The Morgan fingerprint density at radius 1 is 1.03 bits per heavy atom. The van der Waals surface area contributed by atoms with Crippen molar-refractivity contribution in [2.45, 2.75) is 38.6 Å². The molecule has 1 fully saturated rings. The number of amides is 1. The Bertz CT molecular complexity index is 1440. The number of ketones is 1. The minimum atomic E-state index is -0.760. The van der Waals surface area contributed by atoms with Crippen molar-refractivity contribution < 1.29 is 23.8 Å². The second-order valence-electron chi connectivity index (χ2n) is 11.2. The molecule has 39 heavy (non-hydrogen) atoms. The summed E-state index contributed by atoms with van der Waals surface area (Å²) in [6, 6.07) is 18.5. The van der Waals surface area contributed by atoms with E-state index in [1.165, 1.54) is 17.0 Å². The predicted molar refractivity (Wildman–Crippen MR) is 149 cm³/mol. The molecule has 0 aromatic heterocycles. The molecule has 1 amide bonds. The first-order valence-corrected chi connectivity index (χ1v) is 13.2. The zero-order valence-corrected chi connectivity index (χ0v) is 22.7. The van der Waals surface area contributed by atoms with Gasteiger partial charge in [-0.15, -0.1) is 0 Å². The van der Waals surface area contributed by atoms with Crippen molar-refractivity contribution in [3.8, 4) is 5.75 Å². The number of fused-ring (bicyclic) bond motifs is 1. The average Bonchev–Trinajstić information content (AvgIpc) is 3.17. The first kappa shape index (κ1) is 26.5. The molecule has 3 aromatic rings. The number of carbonyl (C=O) groups excluding carboxylic acids is 2. The summed E-state index contributed by atoms with van der Waals surface area (Å²) in [5.74, 6) is -1.24. The number of Topliss-reactive ketones (excluding diaryl/α,β-unsaturated/α-hetero) is 1. The van der Waals surface area contributed by atoms with Crippen LogP contribution in [-0.4, -0.2) is 48.4 Å². The third-order valence-electron chi connectivity index (χ3n) is 7.51. The number of likely N-dealkylation sites (N-methyl/N-ethyl adjacent to an activating group) is 1. The third-order valence-corrected chi connectivity index (χ3v) is 7.51. The molecule has 0 aliphatic carbocycles. The van der Waals surface area contributed by atoms with Crippen LogP contribution in [0.5, 0.6) is 5.75 Å². The number of rotatable bonds is 5. The maximum Gasteiger partial charge on any atom is 0.295 e. The highest BCUT2D eigenvalue weighted by Crippen LogP contribution is 2.41. The van der Waals surface area contributed by atoms with E-state index in [0.29, 0.717) is 30.9 Å². The Hall–Kier alpha value is -4.13. The SMILES string of the molecule is CN1CCOc2ccc(/C(O)=C3/C(=O)C(=O)N(CCc4ccc(F)cc4)C3c3ccc(C(C)(C)C)cc3)cc21. The van der Waals surface area contributed by atoms with Crippen molar-refractivity contribution in [2.24, 2.45) is 0 Å². The zero-order valence-electron chi connectivity index (χ0n) is 22.7. The lowest BCUT2D eigenvalue weighted by Gasteiger charge is -2.28. The van der Waals surface area contributed by atoms with Crippen LogP contribution in [0, 0.1) is 5.82 Å². The van der Waals surface area contributed by atoms with E-state index >= 15 is 0 Å². The number of ether oxygens (including phenoxy) is 1. The zero-order chi connectivity index (χ0) is 27.9. The van der Waals surface area contributed by atoms with E-state index in [0.717, 1.165) is 22.4 Å². The van der Waals surface area contributed by atoms with Crippen LogP contribution in [0.15, 0.2) is 72.3 Å². The number of anilines is 1. The van der Waals surface area contributed by atoms with Gasteiger partial charge in [0.2, 0.25) is 0 Å². The summed E-state index contributed by atoms with van der Waals surface area (Å²) < 4.78 is 19.1. The molecule has 6 nitrogen and oxygen atoms in total. The first-order chi connectivity index (χ1) is 18.5. The van der Waals surface area contributed by atoms with E-state index in [1.54, 1.807) is 30.3 Å². The highest BCUT2D eigenvalue weighted by molar-refractivity contribution is 6.46. The number of aliphatic hydroxyl groups excluding tert-OH is 1. The van der Waals surface area contributed by atoms with E-state index in [2.05, 4.69) is 20.8 Å². The molecule has 2 aliphatic rings. The van der Waals surface area contributed by atoms with Crippen molar-refractivity contribution in [1.29, 1.82) is 0 Å². The number of benzene rings is 3. The van der Waals surface area contributed by atoms with Crippen LogP contribution in [-0.2, 0) is 21.4 Å². The fourth-order valence-corrected chi connectivity index (χ4v) is 5.18. The van der Waals surface area contributed by atoms with Gasteiger partial charge >= 0.3 is 0 Å². The first-order valence-electron chi connectivity index (χ1n) is 13.2. The van der Waals surface area contributed by atoms with Crippen molar-refractivity contribution in [3.63, 3.8) is 0 Å². The number of hydrogen-bond donors (Lipinski definition) is 1. The van der Waals surface area contributed by atoms with E-state index in [1.807, 2.05) is 36.2 Å². The van der Waals surface area contributed by atoms with Crippen molar-refractivity contribution in [3.05, 3.63) is 100 Å². The highest BCUT2D eigenvalue weighted by Gasteiger charge is 2.46. The van der Waals surface area contributed by atoms with Gasteiger partial charge in [0, 0.05) is 19.2 Å². The summed E-state index contributed by atoms with van der Waals surface area (Å²) in [4.78, 5) is 30.4. The van der Waals surface area contributed by atoms with E-state index < -0.39 is 17.7 Å². The quantitative estimate of drug-likeness (QED) is 0.265. The predicted octanol–water partition coefficient (Wildman–Crippen LogP) is 5.62. The number of halogens is 1. The lowest BCUT2D eigenvalue weighted by Crippen LogP contribution is -2.31. The van der Waals surface area contributed by atoms with Crippen LogP contribution in [0.3, 0.4) is 0 Å². The summed E-state index contributed by atoms with van der Waals surface area (Å²) in [6.07, 6.45) is 0.435. The molecule has 5 rings (SSSR count). The fraction of sp³-hybridized carbons (Fsp3) is 0.312. The van der Waals surface area contributed by atoms with Crippen LogP contribution in [0.25, 0.3) is 5.76 Å². The standard InChI is InChI=1S/C32H33FN2O4/c1-32(2,3)23-10-7-21(8-11-23)28-27(29(36)22-9-14-26-25(19-22)34(4)17-18-39-26)30(37)31(38)35(28)16-15-20-5-12-24(33)13-6-20/h5-14,19,28,36H,15-18H2,1-4H3/b29-27-. The lowest BCUT2D eigenvalue weighted by molar-refractivity contribution is -0.139. The lowest BCUT2D eigenvalue weighted by atomic mass is 9.85. The van der Waals surface area contributed by atoms with Gasteiger partial charge in [-0.2, -0.15) is 0 Å². The molecule has 1 atom stereocenters. The molecule has 1 unspecified atom stereocenters. The van der Waals surface area contributed by atoms with Gasteiger partial charge in [0.1, 0.15) is 23.9 Å². The second-order valence-corrected chi connectivity index (χ2v) is 11.2. The molecular formula is C32H33FN2O4. The number of aliphatic hydroxyl groups is 1. The van der Waals surface area contributed by atoms with Gasteiger partial charge in [-0.05, 0) is 58.9 Å². The summed E-state index contributed by atoms with van der Waals surface area (Å²) in [5.41, 5.74) is 3.94. The van der Waals surface area contributed by atoms with E-state index in [4.69, 9.17) is 4.74 Å². The van der Waals surface area contributed by atoms with Crippen molar-refractivity contribution in [1.82, 2.24) is 4.90 Å². The Labute approximate surface area is 228 Å². The maximum atomic E-state index is 13.5. The van der Waals surface area contributed by atoms with Gasteiger partial charge in [-0.25, -0.2) is 4.39 Å². The van der Waals surface area contributed by atoms with Crippen LogP contribution < -0.4 is 9.64 Å². The molecule has 2 aliphatic heterocycles. The van der Waals surface area contributed by atoms with Gasteiger partial charge in [0.15, 0.2) is 0 Å². The highest BCUT2D eigenvalue weighted by atomic mass is 19.1.